The fourth-order valence-electron chi connectivity index (χ4n) is 6.61. The first-order chi connectivity index (χ1) is 26.6. The molecular weight excluding hydrogens is 657 g/mol. The van der Waals surface area contributed by atoms with Crippen LogP contribution in [0.1, 0.15) is 16.7 Å². The van der Waals surface area contributed by atoms with Crippen molar-refractivity contribution in [2.45, 2.75) is 13.5 Å². The minimum atomic E-state index is 0.640. The normalized spacial score (nSPS) is 10.6. The molecule has 3 nitrogen and oxygen atoms in total. The summed E-state index contributed by atoms with van der Waals surface area (Å²) in [5, 5.41) is 9.87. The van der Waals surface area contributed by atoms with Gasteiger partial charge >= 0.3 is 0 Å². The molecule has 0 spiro atoms. The largest absolute Gasteiger partial charge is 0.456 e. The molecule has 0 bridgehead atoms. The molecule has 54 heavy (non-hydrogen) atoms. The SMILES string of the molecule is Cc1ccccc1.N=Cc1cccc2oc3ccc(-c4ccc(-c5ccc(-c6ccccc6)cc5-c5ccccc5)cc4)cc3c12.NCc1ccccc1. The number of rotatable bonds is 6. The Kier molecular flexibility index (Phi) is 11.3. The van der Waals surface area contributed by atoms with E-state index in [-0.39, 0.29) is 0 Å². The Morgan fingerprint density at radius 1 is 0.463 bits per heavy atom. The van der Waals surface area contributed by atoms with Gasteiger partial charge in [0.15, 0.2) is 0 Å². The number of hydrogen-bond acceptors (Lipinski definition) is 3. The molecule has 0 aliphatic carbocycles. The average molecular weight is 699 g/mol. The van der Waals surface area contributed by atoms with Crippen LogP contribution in [0, 0.1) is 12.3 Å². The Bertz CT molecular complexity index is 2580. The van der Waals surface area contributed by atoms with E-state index in [1.807, 2.05) is 72.8 Å². The zero-order chi connectivity index (χ0) is 37.1. The van der Waals surface area contributed by atoms with E-state index in [1.165, 1.54) is 50.7 Å². The van der Waals surface area contributed by atoms with E-state index >= 15 is 0 Å². The van der Waals surface area contributed by atoms with Gasteiger partial charge in [-0.25, -0.2) is 0 Å². The van der Waals surface area contributed by atoms with E-state index < -0.39 is 0 Å². The highest BCUT2D eigenvalue weighted by Crippen LogP contribution is 2.38. The summed E-state index contributed by atoms with van der Waals surface area (Å²) in [5.74, 6) is 0. The summed E-state index contributed by atoms with van der Waals surface area (Å²) < 4.78 is 6.06. The Labute approximate surface area is 317 Å². The molecular formula is C51H42N2O. The maximum Gasteiger partial charge on any atom is 0.136 e. The van der Waals surface area contributed by atoms with Gasteiger partial charge in [-0.05, 0) is 81.3 Å². The summed E-state index contributed by atoms with van der Waals surface area (Å²) in [7, 11) is 0. The highest BCUT2D eigenvalue weighted by Gasteiger charge is 2.13. The summed E-state index contributed by atoms with van der Waals surface area (Å²) >= 11 is 0. The maximum absolute atomic E-state index is 7.84. The molecule has 3 N–H and O–H groups in total. The molecule has 0 saturated heterocycles. The smallest absolute Gasteiger partial charge is 0.136 e. The number of nitrogens with two attached hydrogens (primary N) is 1. The maximum atomic E-state index is 7.84. The zero-order valence-electron chi connectivity index (χ0n) is 30.3. The minimum Gasteiger partial charge on any atom is -0.456 e. The van der Waals surface area contributed by atoms with Crippen molar-refractivity contribution in [1.82, 2.24) is 0 Å². The molecule has 0 amide bonds. The van der Waals surface area contributed by atoms with Gasteiger partial charge < -0.3 is 15.6 Å². The molecule has 0 unspecified atom stereocenters. The van der Waals surface area contributed by atoms with Crippen molar-refractivity contribution in [3.63, 3.8) is 0 Å². The fraction of sp³-hybridized carbons (Fsp3) is 0.0392. The third-order valence-corrected chi connectivity index (χ3v) is 9.44. The van der Waals surface area contributed by atoms with Crippen molar-refractivity contribution in [1.29, 1.82) is 5.41 Å². The van der Waals surface area contributed by atoms with Crippen LogP contribution >= 0.6 is 0 Å². The minimum absolute atomic E-state index is 0.640. The summed E-state index contributed by atoms with van der Waals surface area (Å²) in [5.41, 5.74) is 19.9. The van der Waals surface area contributed by atoms with Crippen LogP contribution in [0.5, 0.6) is 0 Å². The highest BCUT2D eigenvalue weighted by atomic mass is 16.3. The van der Waals surface area contributed by atoms with Gasteiger partial charge in [0, 0.05) is 29.1 Å². The lowest BCUT2D eigenvalue weighted by atomic mass is 9.90. The molecule has 0 aliphatic rings. The summed E-state index contributed by atoms with van der Waals surface area (Å²) in [6.45, 7) is 2.72. The van der Waals surface area contributed by atoms with Gasteiger partial charge in [0.25, 0.3) is 0 Å². The van der Waals surface area contributed by atoms with Crippen molar-refractivity contribution in [3.8, 4) is 44.5 Å². The molecule has 0 fully saturated rings. The molecule has 262 valence electrons. The van der Waals surface area contributed by atoms with Gasteiger partial charge in [0.1, 0.15) is 11.2 Å². The molecule has 1 heterocycles. The van der Waals surface area contributed by atoms with Crippen LogP contribution in [0.2, 0.25) is 0 Å². The van der Waals surface area contributed by atoms with Crippen LogP contribution in [0.3, 0.4) is 0 Å². The first-order valence-electron chi connectivity index (χ1n) is 18.2. The van der Waals surface area contributed by atoms with Gasteiger partial charge in [-0.1, -0.05) is 181 Å². The molecule has 9 rings (SSSR count). The van der Waals surface area contributed by atoms with Crippen molar-refractivity contribution in [2.75, 3.05) is 0 Å². The predicted molar refractivity (Wildman–Crippen MR) is 229 cm³/mol. The molecule has 0 saturated carbocycles. The van der Waals surface area contributed by atoms with Gasteiger partial charge in [-0.3, -0.25) is 0 Å². The Balaban J connectivity index is 0.000000249. The monoisotopic (exact) mass is 698 g/mol. The third kappa shape index (κ3) is 8.29. The first-order valence-corrected chi connectivity index (χ1v) is 18.2. The van der Waals surface area contributed by atoms with Crippen molar-refractivity contribution < 1.29 is 4.42 Å². The summed E-state index contributed by atoms with van der Waals surface area (Å²) in [4.78, 5) is 0. The summed E-state index contributed by atoms with van der Waals surface area (Å²) in [6.07, 6.45) is 1.39. The standard InChI is InChI=1S/C37H25NO.C7H9N.C7H8/c38-24-31-12-7-13-36-37(31)34-23-30(19-21-35(34)39-36)26-14-16-28(17-15-26)32-20-18-29(25-8-3-1-4-9-25)22-33(32)27-10-5-2-6-11-27;8-6-7-4-2-1-3-5-7;1-7-5-3-2-4-6-7/h1-24,38H;1-5H,6,8H2;2-6H,1H3. The lowest BCUT2D eigenvalue weighted by Gasteiger charge is -2.14. The van der Waals surface area contributed by atoms with E-state index in [1.54, 1.807) is 0 Å². The van der Waals surface area contributed by atoms with E-state index in [0.717, 1.165) is 38.6 Å². The molecule has 8 aromatic carbocycles. The van der Waals surface area contributed by atoms with Crippen LogP contribution in [0.4, 0.5) is 0 Å². The van der Waals surface area contributed by atoms with Crippen LogP contribution in [0.15, 0.2) is 205 Å². The van der Waals surface area contributed by atoms with Gasteiger partial charge in [-0.2, -0.15) is 0 Å². The number of furan rings is 1. The van der Waals surface area contributed by atoms with Gasteiger partial charge in [-0.15, -0.1) is 0 Å². The molecule has 1 aromatic heterocycles. The van der Waals surface area contributed by atoms with E-state index in [2.05, 4.69) is 134 Å². The molecule has 3 heteroatoms. The van der Waals surface area contributed by atoms with Crippen LogP contribution in [-0.4, -0.2) is 6.21 Å². The van der Waals surface area contributed by atoms with E-state index in [9.17, 15) is 0 Å². The van der Waals surface area contributed by atoms with Crippen molar-refractivity contribution >= 4 is 28.2 Å². The highest BCUT2D eigenvalue weighted by molar-refractivity contribution is 6.13. The van der Waals surface area contributed by atoms with Gasteiger partial charge in [0.05, 0.1) is 0 Å². The Morgan fingerprint density at radius 3 is 1.57 bits per heavy atom. The quantitative estimate of drug-likeness (QED) is 0.170. The second-order valence-corrected chi connectivity index (χ2v) is 13.1. The molecule has 0 atom stereocenters. The van der Waals surface area contributed by atoms with Crippen LogP contribution in [0.25, 0.3) is 66.4 Å². The van der Waals surface area contributed by atoms with Crippen molar-refractivity contribution in [3.05, 3.63) is 217 Å². The molecule has 0 radical (unpaired) electrons. The fourth-order valence-corrected chi connectivity index (χ4v) is 6.61. The molecule has 0 aliphatic heterocycles. The Morgan fingerprint density at radius 2 is 0.981 bits per heavy atom. The number of nitrogens with one attached hydrogen (secondary N) is 1. The number of benzene rings is 8. The number of hydrogen-bond donors (Lipinski definition) is 2. The topological polar surface area (TPSA) is 63.0 Å². The second-order valence-electron chi connectivity index (χ2n) is 13.1. The number of aryl methyl sites for hydroxylation is 1. The Hall–Kier alpha value is -6.81. The van der Waals surface area contributed by atoms with Crippen LogP contribution in [-0.2, 0) is 6.54 Å². The third-order valence-electron chi connectivity index (χ3n) is 9.44. The number of fused-ring (bicyclic) bond motifs is 3. The predicted octanol–water partition coefficient (Wildman–Crippen LogP) is 13.4. The zero-order valence-corrected chi connectivity index (χ0v) is 30.3. The van der Waals surface area contributed by atoms with E-state index in [0.29, 0.717) is 6.54 Å². The first kappa shape index (κ1) is 35.6. The lowest BCUT2D eigenvalue weighted by Crippen LogP contribution is -1.94. The van der Waals surface area contributed by atoms with E-state index in [4.69, 9.17) is 15.6 Å². The van der Waals surface area contributed by atoms with Crippen molar-refractivity contribution in [2.24, 2.45) is 5.73 Å². The molecule has 9 aromatic rings. The summed E-state index contributed by atoms with van der Waals surface area (Å²) in [6, 6.07) is 69.1. The lowest BCUT2D eigenvalue weighted by molar-refractivity contribution is 0.669. The average Bonchev–Trinajstić information content (AvgIpc) is 3.64. The second kappa shape index (κ2) is 17.1. The van der Waals surface area contributed by atoms with Gasteiger partial charge in [0.2, 0.25) is 0 Å². The van der Waals surface area contributed by atoms with Crippen LogP contribution < -0.4 is 5.73 Å².